The minimum Gasteiger partial charge on any atom is -0.487 e. The summed E-state index contributed by atoms with van der Waals surface area (Å²) in [6.45, 7) is 0.701. The number of rotatable bonds is 4. The standard InChI is InChI=1S/C24H24N4O10/c25-3-1-17-13-21-23(15-19(17)27(29)30)37-11-7-34-8-12-38-24-16-20(28(31)32)18(2-4-26)14-22(24)36-10-6-33-5-9-35-21/h13-16H,1-2,5-12H2. The summed E-state index contributed by atoms with van der Waals surface area (Å²) >= 11 is 0. The lowest BCUT2D eigenvalue weighted by molar-refractivity contribution is -0.385. The number of nitriles is 2. The number of hydrogen-bond donors (Lipinski definition) is 0. The van der Waals surface area contributed by atoms with Gasteiger partial charge in [-0.05, 0) is 12.1 Å². The van der Waals surface area contributed by atoms with Gasteiger partial charge in [-0.2, -0.15) is 10.5 Å². The second-order valence-corrected chi connectivity index (χ2v) is 7.66. The van der Waals surface area contributed by atoms with E-state index in [0.717, 1.165) is 0 Å². The van der Waals surface area contributed by atoms with Gasteiger partial charge in [0.25, 0.3) is 11.4 Å². The topological polar surface area (TPSA) is 189 Å². The molecule has 0 aromatic heterocycles. The van der Waals surface area contributed by atoms with Crippen LogP contribution in [0.15, 0.2) is 24.3 Å². The molecule has 1 heterocycles. The largest absolute Gasteiger partial charge is 0.487 e. The summed E-state index contributed by atoms with van der Waals surface area (Å²) in [6, 6.07) is 9.03. The SMILES string of the molecule is N#CCc1cc2c(cc1[N+](=O)[O-])OCCOCCOc1cc([N+](=O)[O-])c(CC#N)cc1OCCOCCO2. The second-order valence-electron chi connectivity index (χ2n) is 7.66. The van der Waals surface area contributed by atoms with Crippen molar-refractivity contribution in [1.82, 2.24) is 0 Å². The summed E-state index contributed by atoms with van der Waals surface area (Å²) in [5.41, 5.74) is -0.132. The smallest absolute Gasteiger partial charge is 0.277 e. The van der Waals surface area contributed by atoms with E-state index in [0.29, 0.717) is 0 Å². The highest BCUT2D eigenvalue weighted by molar-refractivity contribution is 5.56. The molecular weight excluding hydrogens is 504 g/mol. The number of benzene rings is 2. The molecule has 14 heteroatoms. The molecule has 0 N–H and O–H groups in total. The van der Waals surface area contributed by atoms with Crippen LogP contribution in [0.1, 0.15) is 11.1 Å². The average Bonchev–Trinajstić information content (AvgIpc) is 2.88. The van der Waals surface area contributed by atoms with E-state index in [-0.39, 0.29) is 111 Å². The fourth-order valence-electron chi connectivity index (χ4n) is 3.47. The Hall–Kier alpha value is -4.66. The van der Waals surface area contributed by atoms with Crippen LogP contribution in [0.3, 0.4) is 0 Å². The van der Waals surface area contributed by atoms with Crippen molar-refractivity contribution in [2.75, 3.05) is 52.9 Å². The highest BCUT2D eigenvalue weighted by Gasteiger charge is 2.22. The van der Waals surface area contributed by atoms with Gasteiger partial charge in [0.15, 0.2) is 23.0 Å². The molecule has 38 heavy (non-hydrogen) atoms. The van der Waals surface area contributed by atoms with Crippen molar-refractivity contribution >= 4 is 11.4 Å². The Morgan fingerprint density at radius 1 is 0.605 bits per heavy atom. The molecule has 0 fully saturated rings. The third-order valence-corrected chi connectivity index (χ3v) is 5.16. The molecule has 200 valence electrons. The molecule has 0 saturated heterocycles. The van der Waals surface area contributed by atoms with Crippen molar-refractivity contribution in [2.45, 2.75) is 12.8 Å². The Labute approximate surface area is 217 Å². The van der Waals surface area contributed by atoms with E-state index in [2.05, 4.69) is 0 Å². The highest BCUT2D eigenvalue weighted by atomic mass is 16.6. The van der Waals surface area contributed by atoms with Crippen LogP contribution >= 0.6 is 0 Å². The van der Waals surface area contributed by atoms with Crippen LogP contribution < -0.4 is 18.9 Å². The first-order valence-corrected chi connectivity index (χ1v) is 11.5. The van der Waals surface area contributed by atoms with Gasteiger partial charge in [-0.3, -0.25) is 20.2 Å². The van der Waals surface area contributed by atoms with Crippen molar-refractivity contribution in [3.63, 3.8) is 0 Å². The number of hydrogen-bond acceptors (Lipinski definition) is 12. The van der Waals surface area contributed by atoms with Gasteiger partial charge in [-0.25, -0.2) is 0 Å². The van der Waals surface area contributed by atoms with E-state index in [1.807, 2.05) is 12.1 Å². The molecule has 2 aromatic rings. The Morgan fingerprint density at radius 3 is 1.21 bits per heavy atom. The minimum absolute atomic E-state index is 0.0320. The van der Waals surface area contributed by atoms with E-state index in [4.69, 9.17) is 38.9 Å². The third-order valence-electron chi connectivity index (χ3n) is 5.16. The summed E-state index contributed by atoms with van der Waals surface area (Å²) in [5, 5.41) is 40.9. The quantitative estimate of drug-likeness (QED) is 0.417. The van der Waals surface area contributed by atoms with Crippen molar-refractivity contribution in [2.24, 2.45) is 0 Å². The fourth-order valence-corrected chi connectivity index (χ4v) is 3.47. The van der Waals surface area contributed by atoms with Crippen LogP contribution in [0.4, 0.5) is 11.4 Å². The summed E-state index contributed by atoms with van der Waals surface area (Å²) in [4.78, 5) is 21.7. The average molecular weight is 528 g/mol. The minimum atomic E-state index is -0.593. The van der Waals surface area contributed by atoms with Crippen LogP contribution in [0.25, 0.3) is 0 Å². The zero-order valence-corrected chi connectivity index (χ0v) is 20.3. The Balaban J connectivity index is 1.75. The van der Waals surface area contributed by atoms with Gasteiger partial charge in [0, 0.05) is 11.1 Å². The molecule has 0 amide bonds. The molecular formula is C24H24N4O10. The van der Waals surface area contributed by atoms with Gasteiger partial charge >= 0.3 is 0 Å². The highest BCUT2D eigenvalue weighted by Crippen LogP contribution is 2.36. The lowest BCUT2D eigenvalue weighted by Gasteiger charge is -2.16. The normalized spacial score (nSPS) is 14.7. The van der Waals surface area contributed by atoms with Crippen LogP contribution in [0, 0.1) is 42.9 Å². The molecule has 0 spiro atoms. The third kappa shape index (κ3) is 7.67. The first-order chi connectivity index (χ1) is 18.4. The molecule has 2 aromatic carbocycles. The molecule has 14 nitrogen and oxygen atoms in total. The molecule has 1 aliphatic heterocycles. The number of fused-ring (bicyclic) bond motifs is 2. The Bertz CT molecular complexity index is 1140. The summed E-state index contributed by atoms with van der Waals surface area (Å²) in [7, 11) is 0. The van der Waals surface area contributed by atoms with Crippen LogP contribution in [0.2, 0.25) is 0 Å². The predicted molar refractivity (Wildman–Crippen MR) is 128 cm³/mol. The van der Waals surface area contributed by atoms with E-state index in [9.17, 15) is 20.2 Å². The zero-order valence-electron chi connectivity index (χ0n) is 20.3. The first kappa shape index (κ1) is 27.9. The van der Waals surface area contributed by atoms with Crippen molar-refractivity contribution in [3.05, 3.63) is 55.6 Å². The molecule has 0 radical (unpaired) electrons. The molecule has 0 bridgehead atoms. The summed E-state index contributed by atoms with van der Waals surface area (Å²) in [6.07, 6.45) is -0.352. The molecule has 0 aliphatic carbocycles. The summed E-state index contributed by atoms with van der Waals surface area (Å²) < 4.78 is 33.7. The van der Waals surface area contributed by atoms with E-state index in [1.54, 1.807) is 0 Å². The summed E-state index contributed by atoms with van der Waals surface area (Å²) in [5.74, 6) is 0.700. The molecule has 1 aliphatic rings. The molecule has 0 atom stereocenters. The van der Waals surface area contributed by atoms with E-state index < -0.39 is 9.85 Å². The number of ether oxygens (including phenoxy) is 6. The van der Waals surface area contributed by atoms with Gasteiger partial charge in [0.1, 0.15) is 26.4 Å². The molecule has 0 unspecified atom stereocenters. The predicted octanol–water partition coefficient (Wildman–Crippen LogP) is 2.90. The van der Waals surface area contributed by atoms with Crippen molar-refractivity contribution in [1.29, 1.82) is 10.5 Å². The lowest BCUT2D eigenvalue weighted by Crippen LogP contribution is -2.16. The number of nitro groups is 2. The molecule has 0 saturated carbocycles. The second kappa shape index (κ2) is 14.2. The van der Waals surface area contributed by atoms with Crippen molar-refractivity contribution in [3.8, 4) is 35.1 Å². The lowest BCUT2D eigenvalue weighted by atomic mass is 10.1. The van der Waals surface area contributed by atoms with Crippen LogP contribution in [-0.4, -0.2) is 62.7 Å². The van der Waals surface area contributed by atoms with Gasteiger partial charge in [-0.15, -0.1) is 0 Å². The number of nitrogens with zero attached hydrogens (tertiary/aromatic N) is 4. The maximum Gasteiger partial charge on any atom is 0.277 e. The van der Waals surface area contributed by atoms with Gasteiger partial charge in [0.2, 0.25) is 0 Å². The Kier molecular flexibility index (Phi) is 10.4. The monoisotopic (exact) mass is 528 g/mol. The van der Waals surface area contributed by atoms with E-state index in [1.165, 1.54) is 24.3 Å². The van der Waals surface area contributed by atoms with Gasteiger partial charge in [-0.1, -0.05) is 0 Å². The first-order valence-electron chi connectivity index (χ1n) is 11.5. The fraction of sp³-hybridized carbons (Fsp3) is 0.417. The van der Waals surface area contributed by atoms with Crippen molar-refractivity contribution < 1.29 is 38.3 Å². The zero-order chi connectivity index (χ0) is 27.3. The van der Waals surface area contributed by atoms with Gasteiger partial charge in [0.05, 0.1) is 73.4 Å². The van der Waals surface area contributed by atoms with Crippen LogP contribution in [-0.2, 0) is 22.3 Å². The number of nitro benzene ring substituents is 2. The maximum atomic E-state index is 11.4. The Morgan fingerprint density at radius 2 is 0.921 bits per heavy atom. The van der Waals surface area contributed by atoms with Gasteiger partial charge < -0.3 is 28.4 Å². The molecule has 3 rings (SSSR count). The van der Waals surface area contributed by atoms with E-state index >= 15 is 0 Å². The maximum absolute atomic E-state index is 11.4. The van der Waals surface area contributed by atoms with Crippen LogP contribution in [0.5, 0.6) is 23.0 Å².